The van der Waals surface area contributed by atoms with Crippen LogP contribution in [0.25, 0.3) is 0 Å². The molecule has 0 N–H and O–H groups in total. The molecule has 0 aromatic carbocycles. The summed E-state index contributed by atoms with van der Waals surface area (Å²) in [5.41, 5.74) is 0.709. The van der Waals surface area contributed by atoms with Crippen molar-refractivity contribution >= 4 is 5.97 Å². The summed E-state index contributed by atoms with van der Waals surface area (Å²) >= 11 is 0. The van der Waals surface area contributed by atoms with Crippen molar-refractivity contribution in [3.63, 3.8) is 0 Å². The fourth-order valence-corrected chi connectivity index (χ4v) is 0.690. The standard InChI is InChI=1S/C9H8O2/c1-3-9(10)11-8-6-4-5-7(8)2/h3-6H,1-2H2. The van der Waals surface area contributed by atoms with Gasteiger partial charge in [-0.15, -0.1) is 0 Å². The zero-order valence-electron chi connectivity index (χ0n) is 6.04. The van der Waals surface area contributed by atoms with Crippen molar-refractivity contribution < 1.29 is 9.53 Å². The third-order valence-electron chi connectivity index (χ3n) is 1.24. The average Bonchev–Trinajstić information content (AvgIpc) is 2.37. The molecular formula is C9H8O2. The van der Waals surface area contributed by atoms with Crippen LogP contribution in [0.15, 0.2) is 48.8 Å². The lowest BCUT2D eigenvalue weighted by Crippen LogP contribution is -1.99. The van der Waals surface area contributed by atoms with Crippen LogP contribution in [0.3, 0.4) is 0 Å². The molecule has 0 amide bonds. The lowest BCUT2D eigenvalue weighted by atomic mass is 10.3. The van der Waals surface area contributed by atoms with Crippen molar-refractivity contribution in [3.05, 3.63) is 48.8 Å². The van der Waals surface area contributed by atoms with Crippen LogP contribution in [-0.4, -0.2) is 5.97 Å². The van der Waals surface area contributed by atoms with Gasteiger partial charge >= 0.3 is 5.97 Å². The third-order valence-corrected chi connectivity index (χ3v) is 1.24. The molecule has 56 valence electrons. The van der Waals surface area contributed by atoms with E-state index in [1.807, 2.05) is 0 Å². The highest BCUT2D eigenvalue weighted by atomic mass is 16.5. The van der Waals surface area contributed by atoms with Gasteiger partial charge in [-0.05, 0) is 6.08 Å². The molecule has 0 aromatic rings. The number of carbonyl (C=O) groups excluding carboxylic acids is 1. The highest BCUT2D eigenvalue weighted by molar-refractivity contribution is 5.82. The summed E-state index contributed by atoms with van der Waals surface area (Å²) in [6, 6.07) is 0. The molecule has 2 nitrogen and oxygen atoms in total. The third kappa shape index (κ3) is 1.67. The molecule has 0 spiro atoms. The number of carbonyl (C=O) groups is 1. The Morgan fingerprint density at radius 2 is 2.36 bits per heavy atom. The number of allylic oxidation sites excluding steroid dienone is 3. The number of esters is 1. The SMILES string of the molecule is C=CC(=O)OC1=CC=CC1=C. The zero-order chi connectivity index (χ0) is 8.27. The molecule has 1 rings (SSSR count). The second-order valence-electron chi connectivity index (χ2n) is 2.04. The summed E-state index contributed by atoms with van der Waals surface area (Å²) in [5.74, 6) is 0.0380. The quantitative estimate of drug-likeness (QED) is 0.440. The van der Waals surface area contributed by atoms with E-state index in [-0.39, 0.29) is 0 Å². The molecule has 0 bridgehead atoms. The molecule has 2 heteroatoms. The first-order valence-corrected chi connectivity index (χ1v) is 3.16. The second-order valence-corrected chi connectivity index (χ2v) is 2.04. The van der Waals surface area contributed by atoms with Gasteiger partial charge in [-0.3, -0.25) is 0 Å². The van der Waals surface area contributed by atoms with Crippen LogP contribution in [-0.2, 0) is 9.53 Å². The van der Waals surface area contributed by atoms with E-state index in [2.05, 4.69) is 13.2 Å². The van der Waals surface area contributed by atoms with Crippen molar-refractivity contribution in [1.82, 2.24) is 0 Å². The van der Waals surface area contributed by atoms with Crippen LogP contribution in [0.1, 0.15) is 0 Å². The topological polar surface area (TPSA) is 26.3 Å². The fraction of sp³-hybridized carbons (Fsp3) is 0. The van der Waals surface area contributed by atoms with E-state index < -0.39 is 5.97 Å². The van der Waals surface area contributed by atoms with Gasteiger partial charge in [0.25, 0.3) is 0 Å². The lowest BCUT2D eigenvalue weighted by Gasteiger charge is -2.01. The van der Waals surface area contributed by atoms with Gasteiger partial charge in [-0.1, -0.05) is 25.3 Å². The van der Waals surface area contributed by atoms with Gasteiger partial charge in [0.2, 0.25) is 0 Å². The van der Waals surface area contributed by atoms with Crippen LogP contribution in [0.5, 0.6) is 0 Å². The maximum Gasteiger partial charge on any atom is 0.335 e. The van der Waals surface area contributed by atoms with Crippen LogP contribution in [0.4, 0.5) is 0 Å². The summed E-state index contributed by atoms with van der Waals surface area (Å²) in [6.07, 6.45) is 6.34. The molecule has 0 aliphatic heterocycles. The summed E-state index contributed by atoms with van der Waals surface area (Å²) in [6.45, 7) is 6.93. The summed E-state index contributed by atoms with van der Waals surface area (Å²) in [7, 11) is 0. The molecular weight excluding hydrogens is 140 g/mol. The summed E-state index contributed by atoms with van der Waals surface area (Å²) in [5, 5.41) is 0. The minimum absolute atomic E-state index is 0.457. The highest BCUT2D eigenvalue weighted by Gasteiger charge is 2.07. The Kier molecular flexibility index (Phi) is 2.06. The van der Waals surface area contributed by atoms with E-state index >= 15 is 0 Å². The predicted molar refractivity (Wildman–Crippen MR) is 42.7 cm³/mol. The molecule has 0 heterocycles. The van der Waals surface area contributed by atoms with Gasteiger partial charge in [0.1, 0.15) is 5.76 Å². The average molecular weight is 148 g/mol. The Balaban J connectivity index is 2.59. The Bertz CT molecular complexity index is 269. The molecule has 1 aliphatic carbocycles. The molecule has 0 atom stereocenters. The second kappa shape index (κ2) is 3.01. The first-order chi connectivity index (χ1) is 5.24. The van der Waals surface area contributed by atoms with Crippen molar-refractivity contribution in [1.29, 1.82) is 0 Å². The normalized spacial score (nSPS) is 14.5. The molecule has 0 saturated heterocycles. The Labute approximate surface area is 65.2 Å². The van der Waals surface area contributed by atoms with Crippen molar-refractivity contribution in [2.75, 3.05) is 0 Å². The summed E-state index contributed by atoms with van der Waals surface area (Å²) < 4.78 is 4.81. The van der Waals surface area contributed by atoms with E-state index in [1.54, 1.807) is 18.2 Å². The van der Waals surface area contributed by atoms with Gasteiger partial charge < -0.3 is 4.74 Å². The van der Waals surface area contributed by atoms with Crippen molar-refractivity contribution in [2.24, 2.45) is 0 Å². The van der Waals surface area contributed by atoms with E-state index in [4.69, 9.17) is 4.74 Å². The van der Waals surface area contributed by atoms with Gasteiger partial charge in [-0.25, -0.2) is 4.79 Å². The minimum atomic E-state index is -0.457. The maximum atomic E-state index is 10.7. The molecule has 0 fully saturated rings. The predicted octanol–water partition coefficient (Wildman–Crippen LogP) is 1.73. The van der Waals surface area contributed by atoms with Crippen LogP contribution < -0.4 is 0 Å². The van der Waals surface area contributed by atoms with Crippen LogP contribution in [0.2, 0.25) is 0 Å². The molecule has 0 aromatic heterocycles. The molecule has 1 aliphatic rings. The Morgan fingerprint density at radius 3 is 2.82 bits per heavy atom. The van der Waals surface area contributed by atoms with Gasteiger partial charge in [0, 0.05) is 11.6 Å². The first-order valence-electron chi connectivity index (χ1n) is 3.16. The fourth-order valence-electron chi connectivity index (χ4n) is 0.690. The number of hydrogen-bond acceptors (Lipinski definition) is 2. The monoisotopic (exact) mass is 148 g/mol. The van der Waals surface area contributed by atoms with Crippen LogP contribution in [0, 0.1) is 0 Å². The van der Waals surface area contributed by atoms with E-state index in [1.165, 1.54) is 0 Å². The van der Waals surface area contributed by atoms with E-state index in [0.29, 0.717) is 11.3 Å². The van der Waals surface area contributed by atoms with Gasteiger partial charge in [-0.2, -0.15) is 0 Å². The molecule has 0 saturated carbocycles. The number of ether oxygens (including phenoxy) is 1. The lowest BCUT2D eigenvalue weighted by molar-refractivity contribution is -0.133. The van der Waals surface area contributed by atoms with Gasteiger partial charge in [0.05, 0.1) is 0 Å². The summed E-state index contributed by atoms with van der Waals surface area (Å²) in [4.78, 5) is 10.7. The smallest absolute Gasteiger partial charge is 0.335 e. The zero-order valence-corrected chi connectivity index (χ0v) is 6.04. The molecule has 0 unspecified atom stereocenters. The van der Waals surface area contributed by atoms with Gasteiger partial charge in [0.15, 0.2) is 0 Å². The Hall–Kier alpha value is -1.57. The van der Waals surface area contributed by atoms with Crippen LogP contribution >= 0.6 is 0 Å². The maximum absolute atomic E-state index is 10.7. The van der Waals surface area contributed by atoms with Crippen molar-refractivity contribution in [2.45, 2.75) is 0 Å². The van der Waals surface area contributed by atoms with E-state index in [9.17, 15) is 4.79 Å². The minimum Gasteiger partial charge on any atom is -0.423 e. The molecule has 0 radical (unpaired) electrons. The first kappa shape index (κ1) is 7.54. The van der Waals surface area contributed by atoms with E-state index in [0.717, 1.165) is 6.08 Å². The molecule has 11 heavy (non-hydrogen) atoms. The highest BCUT2D eigenvalue weighted by Crippen LogP contribution is 2.17. The number of hydrogen-bond donors (Lipinski definition) is 0. The largest absolute Gasteiger partial charge is 0.423 e. The van der Waals surface area contributed by atoms with Crippen molar-refractivity contribution in [3.8, 4) is 0 Å². The Morgan fingerprint density at radius 1 is 1.64 bits per heavy atom. The number of rotatable bonds is 2.